The molecule has 1 atom stereocenters. The number of nitrogens with one attached hydrogen (secondary N) is 1. The van der Waals surface area contributed by atoms with E-state index in [9.17, 15) is 0 Å². The van der Waals surface area contributed by atoms with E-state index in [1.165, 1.54) is 0 Å². The normalized spacial score (nSPS) is 13.3. The summed E-state index contributed by atoms with van der Waals surface area (Å²) in [4.78, 5) is 3.98. The van der Waals surface area contributed by atoms with Crippen LogP contribution in [0.25, 0.3) is 0 Å². The zero-order chi connectivity index (χ0) is 8.27. The molecule has 0 amide bonds. The van der Waals surface area contributed by atoms with E-state index in [2.05, 4.69) is 15.2 Å². The zero-order valence-corrected chi connectivity index (χ0v) is 6.54. The summed E-state index contributed by atoms with van der Waals surface area (Å²) < 4.78 is 0. The largest absolute Gasteiger partial charge is 0.367 e. The van der Waals surface area contributed by atoms with E-state index in [0.29, 0.717) is 18.4 Å². The lowest BCUT2D eigenvalue weighted by atomic mass is 10.1. The maximum absolute atomic E-state index is 5.38. The summed E-state index contributed by atoms with van der Waals surface area (Å²) in [5.74, 6) is 1.42. The first kappa shape index (κ1) is 8.00. The number of anilines is 1. The van der Waals surface area contributed by atoms with Crippen molar-refractivity contribution in [3.63, 3.8) is 0 Å². The Balaban J connectivity index is 2.60. The van der Waals surface area contributed by atoms with Crippen LogP contribution < -0.4 is 11.5 Å². The van der Waals surface area contributed by atoms with E-state index < -0.39 is 0 Å². The van der Waals surface area contributed by atoms with Gasteiger partial charge in [0.05, 0.1) is 0 Å². The standard InChI is InChI=1S/C6H13N5/c1-4(2-3-7)5-9-6(8)11-10-5/h4H,2-3,7H2,1H3,(H3,8,9,10,11). The summed E-state index contributed by atoms with van der Waals surface area (Å²) in [6.07, 6.45) is 0.897. The molecule has 5 N–H and O–H groups in total. The molecule has 0 saturated heterocycles. The number of nitrogen functional groups attached to an aromatic ring is 1. The Morgan fingerprint density at radius 2 is 2.36 bits per heavy atom. The first-order chi connectivity index (χ1) is 5.24. The minimum absolute atomic E-state index is 0.295. The van der Waals surface area contributed by atoms with Gasteiger partial charge in [-0.05, 0) is 13.0 Å². The van der Waals surface area contributed by atoms with Crippen LogP contribution in [0.1, 0.15) is 25.1 Å². The van der Waals surface area contributed by atoms with Gasteiger partial charge in [0.2, 0.25) is 5.95 Å². The Morgan fingerprint density at radius 1 is 1.64 bits per heavy atom. The minimum Gasteiger partial charge on any atom is -0.367 e. The van der Waals surface area contributed by atoms with Crippen molar-refractivity contribution in [1.82, 2.24) is 15.2 Å². The van der Waals surface area contributed by atoms with Gasteiger partial charge in [0.25, 0.3) is 0 Å². The van der Waals surface area contributed by atoms with E-state index >= 15 is 0 Å². The molecule has 1 unspecified atom stereocenters. The van der Waals surface area contributed by atoms with E-state index in [1.807, 2.05) is 6.92 Å². The molecule has 0 bridgehead atoms. The van der Waals surface area contributed by atoms with Crippen LogP contribution in [0.15, 0.2) is 0 Å². The van der Waals surface area contributed by atoms with E-state index in [0.717, 1.165) is 12.2 Å². The Morgan fingerprint density at radius 3 is 2.82 bits per heavy atom. The van der Waals surface area contributed by atoms with Gasteiger partial charge in [0, 0.05) is 5.92 Å². The third kappa shape index (κ3) is 1.91. The summed E-state index contributed by atoms with van der Waals surface area (Å²) in [6, 6.07) is 0. The molecule has 1 aromatic heterocycles. The Kier molecular flexibility index (Phi) is 2.43. The second-order valence-electron chi connectivity index (χ2n) is 2.56. The van der Waals surface area contributed by atoms with E-state index in [4.69, 9.17) is 11.5 Å². The van der Waals surface area contributed by atoms with E-state index in [1.54, 1.807) is 0 Å². The lowest BCUT2D eigenvalue weighted by molar-refractivity contribution is 0.650. The van der Waals surface area contributed by atoms with Crippen LogP contribution >= 0.6 is 0 Å². The number of hydrogen-bond acceptors (Lipinski definition) is 4. The Labute approximate surface area is 65.2 Å². The molecule has 0 aliphatic carbocycles. The van der Waals surface area contributed by atoms with Gasteiger partial charge in [-0.1, -0.05) is 6.92 Å². The van der Waals surface area contributed by atoms with Gasteiger partial charge in [-0.3, -0.25) is 5.10 Å². The second-order valence-corrected chi connectivity index (χ2v) is 2.56. The molecule has 0 radical (unpaired) electrons. The summed E-state index contributed by atoms with van der Waals surface area (Å²) in [7, 11) is 0. The van der Waals surface area contributed by atoms with Crippen LogP contribution in [0.2, 0.25) is 0 Å². The fourth-order valence-electron chi connectivity index (χ4n) is 0.895. The molecular formula is C6H13N5. The van der Waals surface area contributed by atoms with Crippen molar-refractivity contribution < 1.29 is 0 Å². The number of H-pyrrole nitrogens is 1. The maximum Gasteiger partial charge on any atom is 0.239 e. The van der Waals surface area contributed by atoms with Crippen molar-refractivity contribution >= 4 is 5.95 Å². The second kappa shape index (κ2) is 3.34. The van der Waals surface area contributed by atoms with Gasteiger partial charge < -0.3 is 11.5 Å². The highest BCUT2D eigenvalue weighted by molar-refractivity contribution is 5.14. The minimum atomic E-state index is 0.295. The first-order valence-corrected chi connectivity index (χ1v) is 3.62. The van der Waals surface area contributed by atoms with Crippen molar-refractivity contribution in [2.24, 2.45) is 5.73 Å². The summed E-state index contributed by atoms with van der Waals surface area (Å²) in [6.45, 7) is 2.69. The maximum atomic E-state index is 5.38. The smallest absolute Gasteiger partial charge is 0.239 e. The van der Waals surface area contributed by atoms with Gasteiger partial charge in [-0.15, -0.1) is 5.10 Å². The lowest BCUT2D eigenvalue weighted by Crippen LogP contribution is -2.05. The van der Waals surface area contributed by atoms with Gasteiger partial charge in [0.15, 0.2) is 0 Å². The van der Waals surface area contributed by atoms with Crippen molar-refractivity contribution in [3.05, 3.63) is 5.82 Å². The number of rotatable bonds is 3. The molecular weight excluding hydrogens is 142 g/mol. The van der Waals surface area contributed by atoms with Gasteiger partial charge >= 0.3 is 0 Å². The fraction of sp³-hybridized carbons (Fsp3) is 0.667. The molecule has 5 heteroatoms. The molecule has 62 valence electrons. The molecule has 1 rings (SSSR count). The molecule has 5 nitrogen and oxygen atoms in total. The first-order valence-electron chi connectivity index (χ1n) is 3.62. The molecule has 0 aliphatic rings. The summed E-state index contributed by atoms with van der Waals surface area (Å²) in [5.41, 5.74) is 10.7. The highest BCUT2D eigenvalue weighted by Gasteiger charge is 2.07. The SMILES string of the molecule is CC(CCN)c1nc(N)n[nH]1. The number of aromatic amines is 1. The Bertz CT molecular complexity index is 219. The molecule has 11 heavy (non-hydrogen) atoms. The molecule has 0 saturated carbocycles. The molecule has 0 aromatic carbocycles. The molecule has 1 heterocycles. The molecule has 1 aromatic rings. The monoisotopic (exact) mass is 155 g/mol. The predicted molar refractivity (Wildman–Crippen MR) is 42.9 cm³/mol. The lowest BCUT2D eigenvalue weighted by Gasteiger charge is -2.03. The fourth-order valence-corrected chi connectivity index (χ4v) is 0.895. The Hall–Kier alpha value is -1.10. The van der Waals surface area contributed by atoms with Crippen molar-refractivity contribution in [1.29, 1.82) is 0 Å². The van der Waals surface area contributed by atoms with Crippen molar-refractivity contribution in [2.45, 2.75) is 19.3 Å². The third-order valence-corrected chi connectivity index (χ3v) is 1.59. The number of aromatic nitrogens is 3. The van der Waals surface area contributed by atoms with Crippen LogP contribution in [0.5, 0.6) is 0 Å². The van der Waals surface area contributed by atoms with Gasteiger partial charge in [-0.25, -0.2) is 0 Å². The predicted octanol–water partition coefficient (Wildman–Crippen LogP) is -0.161. The molecule has 0 spiro atoms. The van der Waals surface area contributed by atoms with Gasteiger partial charge in [-0.2, -0.15) is 4.98 Å². The highest BCUT2D eigenvalue weighted by Crippen LogP contribution is 2.13. The summed E-state index contributed by atoms with van der Waals surface area (Å²) in [5, 5.41) is 6.47. The van der Waals surface area contributed by atoms with Crippen molar-refractivity contribution in [3.8, 4) is 0 Å². The summed E-state index contributed by atoms with van der Waals surface area (Å²) >= 11 is 0. The van der Waals surface area contributed by atoms with Gasteiger partial charge in [0.1, 0.15) is 5.82 Å². The number of nitrogens with zero attached hydrogens (tertiary/aromatic N) is 2. The number of hydrogen-bond donors (Lipinski definition) is 3. The van der Waals surface area contributed by atoms with Crippen molar-refractivity contribution in [2.75, 3.05) is 12.3 Å². The van der Waals surface area contributed by atoms with Crippen LogP contribution in [0.4, 0.5) is 5.95 Å². The third-order valence-electron chi connectivity index (χ3n) is 1.59. The van der Waals surface area contributed by atoms with Crippen LogP contribution in [-0.2, 0) is 0 Å². The molecule has 0 fully saturated rings. The van der Waals surface area contributed by atoms with E-state index in [-0.39, 0.29) is 0 Å². The average molecular weight is 155 g/mol. The zero-order valence-electron chi connectivity index (χ0n) is 6.54. The van der Waals surface area contributed by atoms with Crippen LogP contribution in [0, 0.1) is 0 Å². The van der Waals surface area contributed by atoms with Crippen LogP contribution in [0.3, 0.4) is 0 Å². The molecule has 0 aliphatic heterocycles. The topological polar surface area (TPSA) is 93.6 Å². The number of nitrogens with two attached hydrogens (primary N) is 2. The highest BCUT2D eigenvalue weighted by atomic mass is 15.3. The quantitative estimate of drug-likeness (QED) is 0.565. The van der Waals surface area contributed by atoms with Crippen LogP contribution in [-0.4, -0.2) is 21.7 Å². The average Bonchev–Trinajstić information content (AvgIpc) is 2.36.